The SMILES string of the molecule is CC(C)(C)[Si](C)(C)O/C1=C/C=C\[C@@H]2CC(=O)O[C@@H]2C[C@@](C)(O[Si](C)(C)C)CC1. The quantitative estimate of drug-likeness (QED) is 0.399. The van der Waals surface area contributed by atoms with Gasteiger partial charge in [-0.05, 0) is 57.2 Å². The summed E-state index contributed by atoms with van der Waals surface area (Å²) in [5.41, 5.74) is -0.320. The summed E-state index contributed by atoms with van der Waals surface area (Å²) in [6.07, 6.45) is 9.08. The summed E-state index contributed by atoms with van der Waals surface area (Å²) < 4.78 is 18.9. The molecule has 28 heavy (non-hydrogen) atoms. The highest BCUT2D eigenvalue weighted by molar-refractivity contribution is 6.74. The van der Waals surface area contributed by atoms with E-state index >= 15 is 0 Å². The highest BCUT2D eigenvalue weighted by atomic mass is 28.4. The highest BCUT2D eigenvalue weighted by Gasteiger charge is 2.43. The Kier molecular flexibility index (Phi) is 6.78. The lowest BCUT2D eigenvalue weighted by Crippen LogP contribution is -2.44. The Labute approximate surface area is 174 Å². The molecule has 0 N–H and O–H groups in total. The maximum atomic E-state index is 11.9. The van der Waals surface area contributed by atoms with Gasteiger partial charge in [-0.1, -0.05) is 32.9 Å². The second kappa shape index (κ2) is 8.11. The molecule has 1 heterocycles. The third-order valence-corrected chi connectivity index (χ3v) is 11.6. The van der Waals surface area contributed by atoms with E-state index in [4.69, 9.17) is 13.6 Å². The third-order valence-electron chi connectivity index (χ3n) is 6.08. The molecule has 0 saturated carbocycles. The molecule has 0 amide bonds. The third kappa shape index (κ3) is 6.32. The molecule has 0 aromatic rings. The van der Waals surface area contributed by atoms with Crippen LogP contribution in [0.15, 0.2) is 24.0 Å². The van der Waals surface area contributed by atoms with Crippen LogP contribution in [0, 0.1) is 5.92 Å². The first-order valence-electron chi connectivity index (χ1n) is 10.6. The van der Waals surface area contributed by atoms with Gasteiger partial charge < -0.3 is 13.6 Å². The summed E-state index contributed by atoms with van der Waals surface area (Å²) in [6.45, 7) is 20.2. The number of rotatable bonds is 4. The molecule has 0 unspecified atom stereocenters. The maximum Gasteiger partial charge on any atom is 0.306 e. The van der Waals surface area contributed by atoms with E-state index in [-0.39, 0.29) is 28.6 Å². The summed E-state index contributed by atoms with van der Waals surface area (Å²) in [5.74, 6) is 1.05. The smallest absolute Gasteiger partial charge is 0.306 e. The van der Waals surface area contributed by atoms with E-state index in [0.717, 1.165) is 25.0 Å². The van der Waals surface area contributed by atoms with Crippen molar-refractivity contribution in [2.24, 2.45) is 5.92 Å². The molecule has 0 spiro atoms. The number of hydrogen-bond acceptors (Lipinski definition) is 4. The van der Waals surface area contributed by atoms with Crippen molar-refractivity contribution in [1.29, 1.82) is 0 Å². The Balaban J connectivity index is 2.32. The first kappa shape index (κ1) is 23.4. The molecule has 1 fully saturated rings. The van der Waals surface area contributed by atoms with Crippen LogP contribution < -0.4 is 0 Å². The maximum absolute atomic E-state index is 11.9. The standard InChI is InChI=1S/C22H40O4Si2/c1-21(2,3)28(8,9)25-18-12-10-11-17-15-20(23)24-19(17)16-22(4,14-13-18)26-27(5,6)7/h10-12,17,19H,13-16H2,1-9H3/b11-10-,18-12+/t17-,19-,22+/m1/s1. The number of ether oxygens (including phenoxy) is 1. The zero-order valence-corrected chi connectivity index (χ0v) is 21.3. The molecule has 0 aromatic heterocycles. The van der Waals surface area contributed by atoms with Crippen molar-refractivity contribution in [3.63, 3.8) is 0 Å². The van der Waals surface area contributed by atoms with Crippen LogP contribution >= 0.6 is 0 Å². The fourth-order valence-electron chi connectivity index (χ4n) is 3.72. The first-order valence-corrected chi connectivity index (χ1v) is 16.9. The van der Waals surface area contributed by atoms with Crippen LogP contribution in [0.1, 0.15) is 53.4 Å². The van der Waals surface area contributed by atoms with Gasteiger partial charge in [-0.25, -0.2) is 0 Å². The van der Waals surface area contributed by atoms with Gasteiger partial charge in [0.25, 0.3) is 0 Å². The second-order valence-corrected chi connectivity index (χ2v) is 20.3. The average Bonchev–Trinajstić information content (AvgIpc) is 2.80. The van der Waals surface area contributed by atoms with E-state index in [1.165, 1.54) is 0 Å². The van der Waals surface area contributed by atoms with E-state index in [1.807, 2.05) is 0 Å². The van der Waals surface area contributed by atoms with Gasteiger partial charge in [0, 0.05) is 18.8 Å². The number of carbonyl (C=O) groups excluding carboxylic acids is 1. The van der Waals surface area contributed by atoms with Crippen molar-refractivity contribution in [2.75, 3.05) is 0 Å². The topological polar surface area (TPSA) is 44.8 Å². The molecule has 0 aromatic carbocycles. The number of esters is 1. The highest BCUT2D eigenvalue weighted by Crippen LogP contribution is 2.41. The Hall–Kier alpha value is -0.856. The fourth-order valence-corrected chi connectivity index (χ4v) is 6.51. The molecule has 1 aliphatic heterocycles. The minimum absolute atomic E-state index is 0.0960. The predicted octanol–water partition coefficient (Wildman–Crippen LogP) is 6.17. The summed E-state index contributed by atoms with van der Waals surface area (Å²) in [4.78, 5) is 11.9. The molecule has 0 bridgehead atoms. The molecule has 1 aliphatic carbocycles. The Morgan fingerprint density at radius 3 is 2.39 bits per heavy atom. The molecule has 0 radical (unpaired) electrons. The van der Waals surface area contributed by atoms with Gasteiger partial charge in [-0.3, -0.25) is 4.79 Å². The van der Waals surface area contributed by atoms with Crippen LogP contribution in [-0.2, 0) is 18.4 Å². The van der Waals surface area contributed by atoms with E-state index in [2.05, 4.69) is 78.7 Å². The number of allylic oxidation sites excluding steroid dienone is 3. The zero-order chi connectivity index (χ0) is 21.4. The summed E-state index contributed by atoms with van der Waals surface area (Å²) in [5, 5.41) is 0.155. The lowest BCUT2D eigenvalue weighted by Gasteiger charge is -2.40. The van der Waals surface area contributed by atoms with E-state index in [9.17, 15) is 4.79 Å². The summed E-state index contributed by atoms with van der Waals surface area (Å²) in [6, 6.07) is 0. The molecular weight excluding hydrogens is 384 g/mol. The van der Waals surface area contributed by atoms with Crippen LogP contribution in [0.25, 0.3) is 0 Å². The van der Waals surface area contributed by atoms with Crippen molar-refractivity contribution in [2.45, 2.75) is 103 Å². The van der Waals surface area contributed by atoms with Gasteiger partial charge in [0.05, 0.1) is 17.8 Å². The Bertz CT molecular complexity index is 640. The van der Waals surface area contributed by atoms with E-state index in [0.29, 0.717) is 6.42 Å². The first-order chi connectivity index (χ1) is 12.6. The summed E-state index contributed by atoms with van der Waals surface area (Å²) >= 11 is 0. The van der Waals surface area contributed by atoms with Gasteiger partial charge in [-0.2, -0.15) is 0 Å². The van der Waals surface area contributed by atoms with Crippen LogP contribution in [0.3, 0.4) is 0 Å². The van der Waals surface area contributed by atoms with Gasteiger partial charge >= 0.3 is 5.97 Å². The van der Waals surface area contributed by atoms with Crippen molar-refractivity contribution < 1.29 is 18.4 Å². The van der Waals surface area contributed by atoms with Crippen LogP contribution in [0.2, 0.25) is 37.8 Å². The summed E-state index contributed by atoms with van der Waals surface area (Å²) in [7, 11) is -3.66. The molecule has 2 rings (SSSR count). The van der Waals surface area contributed by atoms with Crippen molar-refractivity contribution in [3.8, 4) is 0 Å². The lowest BCUT2D eigenvalue weighted by atomic mass is 9.86. The van der Waals surface area contributed by atoms with Crippen molar-refractivity contribution in [3.05, 3.63) is 24.0 Å². The van der Waals surface area contributed by atoms with E-state index < -0.39 is 16.6 Å². The van der Waals surface area contributed by atoms with Gasteiger partial charge in [0.1, 0.15) is 6.10 Å². The van der Waals surface area contributed by atoms with Crippen molar-refractivity contribution >= 4 is 22.6 Å². The molecule has 3 atom stereocenters. The molecular formula is C22H40O4Si2. The molecule has 1 saturated heterocycles. The van der Waals surface area contributed by atoms with Gasteiger partial charge in [-0.15, -0.1) is 0 Å². The number of hydrogen-bond donors (Lipinski definition) is 0. The van der Waals surface area contributed by atoms with Crippen LogP contribution in [0.4, 0.5) is 0 Å². The van der Waals surface area contributed by atoms with E-state index in [1.54, 1.807) is 0 Å². The van der Waals surface area contributed by atoms with Crippen molar-refractivity contribution in [1.82, 2.24) is 0 Å². The zero-order valence-electron chi connectivity index (χ0n) is 19.3. The normalized spacial score (nSPS) is 32.8. The fraction of sp³-hybridized carbons (Fsp3) is 0.773. The molecule has 2 aliphatic rings. The minimum Gasteiger partial charge on any atom is -0.547 e. The van der Waals surface area contributed by atoms with Crippen LogP contribution in [-0.4, -0.2) is 34.3 Å². The second-order valence-electron chi connectivity index (χ2n) is 11.1. The molecule has 6 heteroatoms. The Morgan fingerprint density at radius 1 is 1.18 bits per heavy atom. The van der Waals surface area contributed by atoms with Gasteiger partial charge in [0.15, 0.2) is 8.32 Å². The Morgan fingerprint density at radius 2 is 1.82 bits per heavy atom. The number of fused-ring (bicyclic) bond motifs is 1. The van der Waals surface area contributed by atoms with Gasteiger partial charge in [0.2, 0.25) is 8.32 Å². The average molecular weight is 425 g/mol. The molecule has 160 valence electrons. The monoisotopic (exact) mass is 424 g/mol. The van der Waals surface area contributed by atoms with Crippen LogP contribution in [0.5, 0.6) is 0 Å². The molecule has 4 nitrogen and oxygen atoms in total. The predicted molar refractivity (Wildman–Crippen MR) is 120 cm³/mol. The number of carbonyl (C=O) groups is 1. The largest absolute Gasteiger partial charge is 0.547 e. The minimum atomic E-state index is -1.90. The lowest BCUT2D eigenvalue weighted by molar-refractivity contribution is -0.143.